The zero-order valence-electron chi connectivity index (χ0n) is 13.2. The lowest BCUT2D eigenvalue weighted by Gasteiger charge is -2.23. The minimum atomic E-state index is -1.32. The molecule has 0 fully saturated rings. The summed E-state index contributed by atoms with van der Waals surface area (Å²) in [4.78, 5) is 11.9. The van der Waals surface area contributed by atoms with Gasteiger partial charge in [0.15, 0.2) is 0 Å². The van der Waals surface area contributed by atoms with Crippen molar-refractivity contribution in [2.75, 3.05) is 6.54 Å². The van der Waals surface area contributed by atoms with Crippen LogP contribution in [0.4, 0.5) is 8.78 Å². The molecular formula is C17H19F2NO3. The predicted molar refractivity (Wildman–Crippen MR) is 80.8 cm³/mol. The van der Waals surface area contributed by atoms with Gasteiger partial charge in [0.25, 0.3) is 0 Å². The SMILES string of the molecule is Cc1cc(C(C)(O)CNC(=O)Cc2cc(F)ccc2F)c(C)o1. The Morgan fingerprint density at radius 1 is 1.30 bits per heavy atom. The zero-order chi connectivity index (χ0) is 17.2. The molecule has 6 heteroatoms. The second-order valence-corrected chi connectivity index (χ2v) is 5.79. The third kappa shape index (κ3) is 4.16. The lowest BCUT2D eigenvalue weighted by Crippen LogP contribution is -2.39. The van der Waals surface area contributed by atoms with E-state index < -0.39 is 23.1 Å². The van der Waals surface area contributed by atoms with Gasteiger partial charge in [0.1, 0.15) is 28.8 Å². The summed E-state index contributed by atoms with van der Waals surface area (Å²) < 4.78 is 32.0. The van der Waals surface area contributed by atoms with Gasteiger partial charge >= 0.3 is 0 Å². The largest absolute Gasteiger partial charge is 0.466 e. The second-order valence-electron chi connectivity index (χ2n) is 5.79. The van der Waals surface area contributed by atoms with E-state index in [0.29, 0.717) is 17.1 Å². The monoisotopic (exact) mass is 323 g/mol. The van der Waals surface area contributed by atoms with E-state index in [4.69, 9.17) is 4.42 Å². The van der Waals surface area contributed by atoms with E-state index in [1.165, 1.54) is 0 Å². The highest BCUT2D eigenvalue weighted by molar-refractivity contribution is 5.78. The molecule has 0 saturated heterocycles. The number of carbonyl (C=O) groups is 1. The van der Waals surface area contributed by atoms with E-state index >= 15 is 0 Å². The van der Waals surface area contributed by atoms with Gasteiger partial charge in [-0.25, -0.2) is 8.78 Å². The molecule has 1 unspecified atom stereocenters. The van der Waals surface area contributed by atoms with Gasteiger partial charge in [0, 0.05) is 11.1 Å². The summed E-state index contributed by atoms with van der Waals surface area (Å²) in [6.45, 7) is 4.97. The molecule has 0 bridgehead atoms. The van der Waals surface area contributed by atoms with Gasteiger partial charge in [-0.2, -0.15) is 0 Å². The third-order valence-corrected chi connectivity index (χ3v) is 3.61. The molecule has 23 heavy (non-hydrogen) atoms. The van der Waals surface area contributed by atoms with Crippen LogP contribution in [0.5, 0.6) is 0 Å². The fourth-order valence-corrected chi connectivity index (χ4v) is 2.45. The smallest absolute Gasteiger partial charge is 0.224 e. The van der Waals surface area contributed by atoms with Crippen LogP contribution in [-0.4, -0.2) is 17.6 Å². The Bertz CT molecular complexity index is 723. The fourth-order valence-electron chi connectivity index (χ4n) is 2.45. The van der Waals surface area contributed by atoms with Crippen molar-refractivity contribution in [2.24, 2.45) is 0 Å². The third-order valence-electron chi connectivity index (χ3n) is 3.61. The number of carbonyl (C=O) groups excluding carboxylic acids is 1. The molecule has 1 amide bonds. The Morgan fingerprint density at radius 2 is 2.00 bits per heavy atom. The first kappa shape index (κ1) is 17.1. The molecule has 1 aromatic heterocycles. The Balaban J connectivity index is 2.01. The molecule has 124 valence electrons. The Kier molecular flexibility index (Phi) is 4.85. The molecule has 4 nitrogen and oxygen atoms in total. The molecule has 1 atom stereocenters. The predicted octanol–water partition coefficient (Wildman–Crippen LogP) is 2.74. The van der Waals surface area contributed by atoms with Crippen LogP contribution in [0.3, 0.4) is 0 Å². The molecule has 2 N–H and O–H groups in total. The molecule has 0 aliphatic carbocycles. The lowest BCUT2D eigenvalue weighted by molar-refractivity contribution is -0.121. The number of hydrogen-bond acceptors (Lipinski definition) is 3. The van der Waals surface area contributed by atoms with Crippen LogP contribution in [0.15, 0.2) is 28.7 Å². The second kappa shape index (κ2) is 6.50. The zero-order valence-corrected chi connectivity index (χ0v) is 13.2. The van der Waals surface area contributed by atoms with Gasteiger partial charge in [-0.3, -0.25) is 4.79 Å². The normalized spacial score (nSPS) is 13.7. The summed E-state index contributed by atoms with van der Waals surface area (Å²) in [6, 6.07) is 4.65. The Labute approximate surface area is 133 Å². The van der Waals surface area contributed by atoms with E-state index in [0.717, 1.165) is 18.2 Å². The van der Waals surface area contributed by atoms with Crippen molar-refractivity contribution >= 4 is 5.91 Å². The van der Waals surface area contributed by atoms with E-state index in [9.17, 15) is 18.7 Å². The highest BCUT2D eigenvalue weighted by Gasteiger charge is 2.28. The average Bonchev–Trinajstić information content (AvgIpc) is 2.80. The number of aryl methyl sites for hydroxylation is 2. The van der Waals surface area contributed by atoms with Crippen LogP contribution in [0, 0.1) is 25.5 Å². The number of rotatable bonds is 5. The summed E-state index contributed by atoms with van der Waals surface area (Å²) in [5.74, 6) is -0.531. The first-order valence-electron chi connectivity index (χ1n) is 7.19. The van der Waals surface area contributed by atoms with Crippen molar-refractivity contribution in [1.29, 1.82) is 0 Å². The molecule has 2 aromatic rings. The molecule has 0 aliphatic heterocycles. The average molecular weight is 323 g/mol. The van der Waals surface area contributed by atoms with Crippen LogP contribution < -0.4 is 5.32 Å². The summed E-state index contributed by atoms with van der Waals surface area (Å²) in [7, 11) is 0. The maximum absolute atomic E-state index is 13.5. The molecular weight excluding hydrogens is 304 g/mol. The van der Waals surface area contributed by atoms with Gasteiger partial charge in [0.2, 0.25) is 5.91 Å². The summed E-state index contributed by atoms with van der Waals surface area (Å²) in [6.07, 6.45) is -0.303. The van der Waals surface area contributed by atoms with Crippen LogP contribution in [0.2, 0.25) is 0 Å². The number of amides is 1. The highest BCUT2D eigenvalue weighted by atomic mass is 19.1. The van der Waals surface area contributed by atoms with E-state index in [1.54, 1.807) is 26.8 Å². The van der Waals surface area contributed by atoms with Crippen molar-refractivity contribution < 1.29 is 23.1 Å². The standard InChI is InChI=1S/C17H19F2NO3/c1-10-6-14(11(2)23-10)17(3,22)9-20-16(21)8-12-7-13(18)4-5-15(12)19/h4-7,22H,8-9H2,1-3H3,(H,20,21). The van der Waals surface area contributed by atoms with Crippen LogP contribution in [0.1, 0.15) is 29.6 Å². The number of nitrogens with one attached hydrogen (secondary N) is 1. The molecule has 0 spiro atoms. The number of benzene rings is 1. The number of hydrogen-bond donors (Lipinski definition) is 2. The molecule has 2 rings (SSSR count). The minimum absolute atomic E-state index is 0.0301. The summed E-state index contributed by atoms with van der Waals surface area (Å²) >= 11 is 0. The van der Waals surface area contributed by atoms with E-state index in [2.05, 4.69) is 5.32 Å². The fraction of sp³-hybridized carbons (Fsp3) is 0.353. The number of aliphatic hydroxyl groups is 1. The molecule has 0 aliphatic rings. The summed E-state index contributed by atoms with van der Waals surface area (Å²) in [5.41, 5.74) is -0.775. The van der Waals surface area contributed by atoms with Crippen molar-refractivity contribution in [2.45, 2.75) is 32.8 Å². The highest BCUT2D eigenvalue weighted by Crippen LogP contribution is 2.26. The topological polar surface area (TPSA) is 62.5 Å². The van der Waals surface area contributed by atoms with Crippen LogP contribution in [0.25, 0.3) is 0 Å². The van der Waals surface area contributed by atoms with Crippen molar-refractivity contribution in [3.63, 3.8) is 0 Å². The first-order chi connectivity index (χ1) is 10.7. The maximum Gasteiger partial charge on any atom is 0.224 e. The maximum atomic E-state index is 13.5. The first-order valence-corrected chi connectivity index (χ1v) is 7.19. The van der Waals surface area contributed by atoms with Gasteiger partial charge in [-0.05, 0) is 45.0 Å². The molecule has 1 aromatic carbocycles. The molecule has 0 saturated carbocycles. The van der Waals surface area contributed by atoms with Crippen LogP contribution in [-0.2, 0) is 16.8 Å². The van der Waals surface area contributed by atoms with E-state index in [1.807, 2.05) is 0 Å². The van der Waals surface area contributed by atoms with Crippen LogP contribution >= 0.6 is 0 Å². The number of furan rings is 1. The van der Waals surface area contributed by atoms with Crippen molar-refractivity contribution in [3.8, 4) is 0 Å². The molecule has 1 heterocycles. The van der Waals surface area contributed by atoms with Gasteiger partial charge in [-0.1, -0.05) is 0 Å². The Morgan fingerprint density at radius 3 is 2.61 bits per heavy atom. The van der Waals surface area contributed by atoms with Gasteiger partial charge < -0.3 is 14.8 Å². The number of halogens is 2. The van der Waals surface area contributed by atoms with E-state index in [-0.39, 0.29) is 18.5 Å². The summed E-state index contributed by atoms with van der Waals surface area (Å²) in [5, 5.41) is 13.0. The molecule has 0 radical (unpaired) electrons. The van der Waals surface area contributed by atoms with Crippen molar-refractivity contribution in [1.82, 2.24) is 5.32 Å². The van der Waals surface area contributed by atoms with Crippen molar-refractivity contribution in [3.05, 3.63) is 58.5 Å². The van der Waals surface area contributed by atoms with Gasteiger partial charge in [-0.15, -0.1) is 0 Å². The van der Waals surface area contributed by atoms with Gasteiger partial charge in [0.05, 0.1) is 13.0 Å². The quantitative estimate of drug-likeness (QED) is 0.889. The minimum Gasteiger partial charge on any atom is -0.466 e. The lowest BCUT2D eigenvalue weighted by atomic mass is 9.96. The Hall–Kier alpha value is -2.21.